The van der Waals surface area contributed by atoms with Crippen LogP contribution in [0.2, 0.25) is 5.02 Å². The van der Waals surface area contributed by atoms with E-state index in [1.807, 2.05) is 0 Å². The normalized spacial score (nSPS) is 9.71. The monoisotopic (exact) mass is 259 g/mol. The van der Waals surface area contributed by atoms with Crippen molar-refractivity contribution in [2.45, 2.75) is 0 Å². The summed E-state index contributed by atoms with van der Waals surface area (Å²) in [7, 11) is 0. The van der Waals surface area contributed by atoms with E-state index >= 15 is 0 Å². The standard InChI is InChI=1S/C9H10ClN3O4/c10-6-2-1-3-7(8(6)13(15)16)12-4-5-17-9(11)14/h1-3,12H,4-5H2,(H2,11,14). The van der Waals surface area contributed by atoms with Gasteiger partial charge in [-0.1, -0.05) is 17.7 Å². The molecule has 8 heteroatoms. The molecule has 0 saturated heterocycles. The van der Waals surface area contributed by atoms with Gasteiger partial charge in [0.1, 0.15) is 17.3 Å². The molecule has 0 aliphatic carbocycles. The molecule has 1 rings (SSSR count). The average Bonchev–Trinajstić information content (AvgIpc) is 2.23. The van der Waals surface area contributed by atoms with E-state index in [1.54, 1.807) is 6.07 Å². The quantitative estimate of drug-likeness (QED) is 0.476. The first-order chi connectivity index (χ1) is 8.02. The first kappa shape index (κ1) is 13.0. The van der Waals surface area contributed by atoms with Crippen LogP contribution in [0.25, 0.3) is 0 Å². The molecule has 1 amide bonds. The molecule has 0 aliphatic heterocycles. The molecule has 0 radical (unpaired) electrons. The van der Waals surface area contributed by atoms with Crippen LogP contribution in [0, 0.1) is 10.1 Å². The number of nitrogens with zero attached hydrogens (tertiary/aromatic N) is 1. The molecule has 0 unspecified atom stereocenters. The van der Waals surface area contributed by atoms with Gasteiger partial charge >= 0.3 is 11.8 Å². The molecule has 92 valence electrons. The Balaban J connectivity index is 2.67. The van der Waals surface area contributed by atoms with Crippen LogP contribution in [0.3, 0.4) is 0 Å². The Morgan fingerprint density at radius 3 is 2.88 bits per heavy atom. The van der Waals surface area contributed by atoms with Gasteiger partial charge in [0.25, 0.3) is 0 Å². The van der Waals surface area contributed by atoms with Gasteiger partial charge in [0.2, 0.25) is 0 Å². The van der Waals surface area contributed by atoms with Crippen LogP contribution in [0.1, 0.15) is 0 Å². The van der Waals surface area contributed by atoms with E-state index in [4.69, 9.17) is 17.3 Å². The largest absolute Gasteiger partial charge is 0.448 e. The minimum Gasteiger partial charge on any atom is -0.448 e. The summed E-state index contributed by atoms with van der Waals surface area (Å²) in [4.78, 5) is 20.5. The van der Waals surface area contributed by atoms with E-state index in [-0.39, 0.29) is 29.5 Å². The summed E-state index contributed by atoms with van der Waals surface area (Å²) >= 11 is 5.70. The molecule has 0 fully saturated rings. The lowest BCUT2D eigenvalue weighted by Gasteiger charge is -2.07. The highest BCUT2D eigenvalue weighted by molar-refractivity contribution is 6.33. The summed E-state index contributed by atoms with van der Waals surface area (Å²) in [6, 6.07) is 4.51. The Labute approximate surface area is 102 Å². The second kappa shape index (κ2) is 5.90. The van der Waals surface area contributed by atoms with Gasteiger partial charge in [0.05, 0.1) is 4.92 Å². The van der Waals surface area contributed by atoms with Gasteiger partial charge in [-0.2, -0.15) is 0 Å². The van der Waals surface area contributed by atoms with Crippen molar-refractivity contribution in [1.82, 2.24) is 0 Å². The molecule has 17 heavy (non-hydrogen) atoms. The summed E-state index contributed by atoms with van der Waals surface area (Å²) in [6.45, 7) is 0.211. The molecule has 0 bridgehead atoms. The van der Waals surface area contributed by atoms with Crippen molar-refractivity contribution < 1.29 is 14.5 Å². The predicted octanol–water partition coefficient (Wildman–Crippen LogP) is 1.76. The van der Waals surface area contributed by atoms with E-state index in [1.165, 1.54) is 12.1 Å². The number of carbonyl (C=O) groups is 1. The number of amides is 1. The van der Waals surface area contributed by atoms with Crippen molar-refractivity contribution in [3.63, 3.8) is 0 Å². The lowest BCUT2D eigenvalue weighted by atomic mass is 10.2. The number of nitro benzene ring substituents is 1. The number of primary amides is 1. The van der Waals surface area contributed by atoms with Gasteiger partial charge in [-0.15, -0.1) is 0 Å². The number of hydrogen-bond acceptors (Lipinski definition) is 5. The number of ether oxygens (including phenoxy) is 1. The Hall–Kier alpha value is -2.02. The Morgan fingerprint density at radius 2 is 2.29 bits per heavy atom. The summed E-state index contributed by atoms with van der Waals surface area (Å²) < 4.78 is 4.47. The number of para-hydroxylation sites is 1. The smallest absolute Gasteiger partial charge is 0.404 e. The maximum absolute atomic E-state index is 10.8. The maximum atomic E-state index is 10.8. The Bertz CT molecular complexity index is 438. The van der Waals surface area contributed by atoms with E-state index in [2.05, 4.69) is 10.1 Å². The Kier molecular flexibility index (Phi) is 4.53. The molecule has 0 aliphatic rings. The van der Waals surface area contributed by atoms with Crippen molar-refractivity contribution in [1.29, 1.82) is 0 Å². The lowest BCUT2D eigenvalue weighted by Crippen LogP contribution is -2.18. The van der Waals surface area contributed by atoms with Crippen LogP contribution in [-0.4, -0.2) is 24.2 Å². The fourth-order valence-electron chi connectivity index (χ4n) is 1.18. The number of benzene rings is 1. The zero-order chi connectivity index (χ0) is 12.8. The summed E-state index contributed by atoms with van der Waals surface area (Å²) in [5.41, 5.74) is 4.80. The van der Waals surface area contributed by atoms with Crippen LogP contribution >= 0.6 is 11.6 Å². The number of rotatable bonds is 5. The number of nitro groups is 1. The molecule has 1 aromatic carbocycles. The van der Waals surface area contributed by atoms with Crippen molar-refractivity contribution in [2.75, 3.05) is 18.5 Å². The number of nitrogens with two attached hydrogens (primary N) is 1. The number of carbonyl (C=O) groups excluding carboxylic acids is 1. The highest BCUT2D eigenvalue weighted by Crippen LogP contribution is 2.31. The molecule has 7 nitrogen and oxygen atoms in total. The Morgan fingerprint density at radius 1 is 1.59 bits per heavy atom. The fourth-order valence-corrected chi connectivity index (χ4v) is 1.42. The van der Waals surface area contributed by atoms with Crippen molar-refractivity contribution in [3.8, 4) is 0 Å². The SMILES string of the molecule is NC(=O)OCCNc1cccc(Cl)c1[N+](=O)[O-]. The number of hydrogen-bond donors (Lipinski definition) is 2. The molecule has 0 atom stereocenters. The van der Waals surface area contributed by atoms with Crippen LogP contribution in [-0.2, 0) is 4.74 Å². The van der Waals surface area contributed by atoms with Crippen LogP contribution in [0.15, 0.2) is 18.2 Å². The highest BCUT2D eigenvalue weighted by atomic mass is 35.5. The minimum absolute atomic E-state index is 0.0129. The number of halogens is 1. The molecule has 0 saturated carbocycles. The second-order valence-electron chi connectivity index (χ2n) is 2.99. The molecule has 0 aromatic heterocycles. The lowest BCUT2D eigenvalue weighted by molar-refractivity contribution is -0.383. The summed E-state index contributed by atoms with van der Waals surface area (Å²) in [6.07, 6.45) is -0.896. The first-order valence-electron chi connectivity index (χ1n) is 4.61. The van der Waals surface area contributed by atoms with Gasteiger partial charge in [0.15, 0.2) is 0 Å². The van der Waals surface area contributed by atoms with Crippen LogP contribution in [0.4, 0.5) is 16.2 Å². The maximum Gasteiger partial charge on any atom is 0.404 e. The third kappa shape index (κ3) is 3.80. The second-order valence-corrected chi connectivity index (χ2v) is 3.39. The van der Waals surface area contributed by atoms with Crippen LogP contribution < -0.4 is 11.1 Å². The summed E-state index contributed by atoms with van der Waals surface area (Å²) in [5, 5.41) is 13.5. The molecule has 0 heterocycles. The van der Waals surface area contributed by atoms with Gasteiger partial charge < -0.3 is 15.8 Å². The minimum atomic E-state index is -0.896. The zero-order valence-electron chi connectivity index (χ0n) is 8.68. The van der Waals surface area contributed by atoms with E-state index in [0.717, 1.165) is 0 Å². The molecular formula is C9H10ClN3O4. The molecule has 3 N–H and O–H groups in total. The van der Waals surface area contributed by atoms with Gasteiger partial charge in [0, 0.05) is 6.54 Å². The topological polar surface area (TPSA) is 107 Å². The third-order valence-electron chi connectivity index (χ3n) is 1.83. The van der Waals surface area contributed by atoms with Crippen molar-refractivity contribution in [2.24, 2.45) is 5.73 Å². The van der Waals surface area contributed by atoms with Gasteiger partial charge in [-0.05, 0) is 12.1 Å². The third-order valence-corrected chi connectivity index (χ3v) is 2.14. The van der Waals surface area contributed by atoms with Gasteiger partial charge in [-0.3, -0.25) is 10.1 Å². The molecule has 1 aromatic rings. The van der Waals surface area contributed by atoms with Crippen molar-refractivity contribution >= 4 is 29.1 Å². The van der Waals surface area contributed by atoms with Crippen LogP contribution in [0.5, 0.6) is 0 Å². The predicted molar refractivity (Wildman–Crippen MR) is 62.1 cm³/mol. The van der Waals surface area contributed by atoms with E-state index in [0.29, 0.717) is 0 Å². The zero-order valence-corrected chi connectivity index (χ0v) is 9.44. The summed E-state index contributed by atoms with van der Waals surface area (Å²) in [5.74, 6) is 0. The first-order valence-corrected chi connectivity index (χ1v) is 4.99. The highest BCUT2D eigenvalue weighted by Gasteiger charge is 2.17. The fraction of sp³-hybridized carbons (Fsp3) is 0.222. The average molecular weight is 260 g/mol. The van der Waals surface area contributed by atoms with E-state index < -0.39 is 11.0 Å². The van der Waals surface area contributed by atoms with E-state index in [9.17, 15) is 14.9 Å². The van der Waals surface area contributed by atoms with Crippen molar-refractivity contribution in [3.05, 3.63) is 33.3 Å². The number of nitrogens with one attached hydrogen (secondary N) is 1. The molecular weight excluding hydrogens is 250 g/mol. The van der Waals surface area contributed by atoms with Gasteiger partial charge in [-0.25, -0.2) is 4.79 Å². The number of anilines is 1. The molecule has 0 spiro atoms.